The summed E-state index contributed by atoms with van der Waals surface area (Å²) < 4.78 is 6.61. The number of benzene rings is 2. The number of hydrogen-bond donors (Lipinski definition) is 1. The fraction of sp³-hybridized carbons (Fsp3) is 0. The molecule has 4 heteroatoms. The number of ether oxygens (including phenoxy) is 1. The van der Waals surface area contributed by atoms with Crippen molar-refractivity contribution in [3.05, 3.63) is 77.4 Å². The Morgan fingerprint density at radius 3 is 2.38 bits per heavy atom. The molecule has 0 spiro atoms. The van der Waals surface area contributed by atoms with Crippen LogP contribution in [0.5, 0.6) is 11.5 Å². The van der Waals surface area contributed by atoms with Gasteiger partial charge in [0, 0.05) is 11.8 Å². The Labute approximate surface area is 131 Å². The lowest BCUT2D eigenvalue weighted by Gasteiger charge is -2.09. The summed E-state index contributed by atoms with van der Waals surface area (Å²) in [6.07, 6.45) is 0. The number of anilines is 2. The number of aromatic nitrogens is 1. The van der Waals surface area contributed by atoms with Gasteiger partial charge < -0.3 is 10.1 Å². The van der Waals surface area contributed by atoms with Crippen LogP contribution in [0.1, 0.15) is 0 Å². The fourth-order valence-corrected chi connectivity index (χ4v) is 2.23. The molecule has 0 fully saturated rings. The van der Waals surface area contributed by atoms with E-state index in [0.717, 1.165) is 27.6 Å². The molecule has 104 valence electrons. The highest BCUT2D eigenvalue weighted by atomic mass is 79.9. The summed E-state index contributed by atoms with van der Waals surface area (Å²) in [6, 6.07) is 23.2. The van der Waals surface area contributed by atoms with E-state index in [9.17, 15) is 0 Å². The first-order valence-corrected chi connectivity index (χ1v) is 7.31. The van der Waals surface area contributed by atoms with E-state index in [0.29, 0.717) is 0 Å². The third-order valence-electron chi connectivity index (χ3n) is 2.80. The predicted octanol–water partition coefficient (Wildman–Crippen LogP) is 5.38. The molecule has 3 rings (SSSR count). The number of halogens is 1. The van der Waals surface area contributed by atoms with Crippen molar-refractivity contribution >= 4 is 27.4 Å². The third-order valence-corrected chi connectivity index (χ3v) is 3.24. The topological polar surface area (TPSA) is 34.1 Å². The first-order valence-electron chi connectivity index (χ1n) is 6.52. The molecule has 3 nitrogen and oxygen atoms in total. The third kappa shape index (κ3) is 3.83. The Hall–Kier alpha value is -2.33. The van der Waals surface area contributed by atoms with Gasteiger partial charge in [-0.3, -0.25) is 0 Å². The highest BCUT2D eigenvalue weighted by molar-refractivity contribution is 9.10. The van der Waals surface area contributed by atoms with Gasteiger partial charge in [-0.15, -0.1) is 0 Å². The van der Waals surface area contributed by atoms with Crippen molar-refractivity contribution in [2.75, 3.05) is 5.32 Å². The predicted molar refractivity (Wildman–Crippen MR) is 88.2 cm³/mol. The quantitative estimate of drug-likeness (QED) is 0.647. The summed E-state index contributed by atoms with van der Waals surface area (Å²) in [5.41, 5.74) is 0.925. The van der Waals surface area contributed by atoms with Crippen molar-refractivity contribution in [3.63, 3.8) is 0 Å². The molecule has 0 saturated heterocycles. The van der Waals surface area contributed by atoms with Gasteiger partial charge >= 0.3 is 0 Å². The van der Waals surface area contributed by atoms with Gasteiger partial charge in [0.15, 0.2) is 0 Å². The highest BCUT2D eigenvalue weighted by Gasteiger charge is 2.00. The SMILES string of the molecule is Brc1cccc(Nc2cccc(Oc3ccccc3)c2)n1. The van der Waals surface area contributed by atoms with Crippen LogP contribution in [0.25, 0.3) is 0 Å². The molecular formula is C17H13BrN2O. The second-order valence-electron chi connectivity index (χ2n) is 4.41. The molecule has 0 aliphatic carbocycles. The molecule has 0 aliphatic heterocycles. The Bertz CT molecular complexity index is 732. The standard InChI is InChI=1S/C17H13BrN2O/c18-16-10-5-11-17(20-16)19-13-6-4-9-15(12-13)21-14-7-2-1-3-8-14/h1-12H,(H,19,20). The maximum Gasteiger partial charge on any atom is 0.131 e. The molecule has 1 heterocycles. The Morgan fingerprint density at radius 1 is 0.810 bits per heavy atom. The first kappa shape index (κ1) is 13.6. The van der Waals surface area contributed by atoms with E-state index in [-0.39, 0.29) is 0 Å². The first-order chi connectivity index (χ1) is 10.3. The minimum Gasteiger partial charge on any atom is -0.457 e. The van der Waals surface area contributed by atoms with Gasteiger partial charge in [0.25, 0.3) is 0 Å². The largest absolute Gasteiger partial charge is 0.457 e. The average molecular weight is 341 g/mol. The van der Waals surface area contributed by atoms with E-state index in [2.05, 4.69) is 26.2 Å². The zero-order chi connectivity index (χ0) is 14.5. The van der Waals surface area contributed by atoms with E-state index >= 15 is 0 Å². The second kappa shape index (κ2) is 6.41. The van der Waals surface area contributed by atoms with Gasteiger partial charge in [-0.25, -0.2) is 4.98 Å². The second-order valence-corrected chi connectivity index (χ2v) is 5.23. The zero-order valence-electron chi connectivity index (χ0n) is 11.2. The molecule has 0 bridgehead atoms. The fourth-order valence-electron chi connectivity index (χ4n) is 1.89. The number of rotatable bonds is 4. The van der Waals surface area contributed by atoms with Crippen LogP contribution in [0.4, 0.5) is 11.5 Å². The molecule has 2 aromatic carbocycles. The number of pyridine rings is 1. The molecule has 0 amide bonds. The van der Waals surface area contributed by atoms with Crippen molar-refractivity contribution in [3.8, 4) is 11.5 Å². The molecule has 0 radical (unpaired) electrons. The number of para-hydroxylation sites is 1. The Morgan fingerprint density at radius 2 is 1.57 bits per heavy atom. The van der Waals surface area contributed by atoms with Crippen LogP contribution in [-0.2, 0) is 0 Å². The molecule has 1 aromatic heterocycles. The zero-order valence-corrected chi connectivity index (χ0v) is 12.7. The van der Waals surface area contributed by atoms with Crippen LogP contribution >= 0.6 is 15.9 Å². The van der Waals surface area contributed by atoms with E-state index in [4.69, 9.17) is 4.74 Å². The van der Waals surface area contributed by atoms with Gasteiger partial charge in [0.2, 0.25) is 0 Å². The number of nitrogens with zero attached hydrogens (tertiary/aromatic N) is 1. The van der Waals surface area contributed by atoms with E-state index in [1.165, 1.54) is 0 Å². The summed E-state index contributed by atoms with van der Waals surface area (Å²) in [5, 5.41) is 3.25. The van der Waals surface area contributed by atoms with Crippen LogP contribution in [0.2, 0.25) is 0 Å². The highest BCUT2D eigenvalue weighted by Crippen LogP contribution is 2.25. The lowest BCUT2D eigenvalue weighted by Crippen LogP contribution is -1.93. The Kier molecular flexibility index (Phi) is 4.17. The van der Waals surface area contributed by atoms with Crippen LogP contribution in [0.15, 0.2) is 77.4 Å². The molecular weight excluding hydrogens is 328 g/mol. The molecule has 0 unspecified atom stereocenters. The smallest absolute Gasteiger partial charge is 0.131 e. The van der Waals surface area contributed by atoms with Gasteiger partial charge in [-0.05, 0) is 52.3 Å². The van der Waals surface area contributed by atoms with Gasteiger partial charge in [-0.2, -0.15) is 0 Å². The van der Waals surface area contributed by atoms with E-state index in [1.807, 2.05) is 72.8 Å². The summed E-state index contributed by atoms with van der Waals surface area (Å²) >= 11 is 3.36. The maximum absolute atomic E-state index is 5.81. The summed E-state index contributed by atoms with van der Waals surface area (Å²) in [7, 11) is 0. The monoisotopic (exact) mass is 340 g/mol. The number of hydrogen-bond acceptors (Lipinski definition) is 3. The van der Waals surface area contributed by atoms with Crippen LogP contribution in [-0.4, -0.2) is 4.98 Å². The lowest BCUT2D eigenvalue weighted by molar-refractivity contribution is 0.483. The molecule has 21 heavy (non-hydrogen) atoms. The summed E-state index contributed by atoms with van der Waals surface area (Å²) in [6.45, 7) is 0. The molecule has 0 atom stereocenters. The average Bonchev–Trinajstić information content (AvgIpc) is 2.49. The maximum atomic E-state index is 5.81. The Balaban J connectivity index is 1.77. The molecule has 3 aromatic rings. The van der Waals surface area contributed by atoms with E-state index in [1.54, 1.807) is 0 Å². The van der Waals surface area contributed by atoms with E-state index < -0.39 is 0 Å². The van der Waals surface area contributed by atoms with Crippen LogP contribution < -0.4 is 10.1 Å². The molecule has 1 N–H and O–H groups in total. The normalized spacial score (nSPS) is 10.1. The van der Waals surface area contributed by atoms with Crippen molar-refractivity contribution in [1.82, 2.24) is 4.98 Å². The van der Waals surface area contributed by atoms with Crippen molar-refractivity contribution in [2.24, 2.45) is 0 Å². The molecule has 0 aliphatic rings. The van der Waals surface area contributed by atoms with Crippen molar-refractivity contribution < 1.29 is 4.74 Å². The van der Waals surface area contributed by atoms with Crippen LogP contribution in [0.3, 0.4) is 0 Å². The van der Waals surface area contributed by atoms with Gasteiger partial charge in [-0.1, -0.05) is 30.3 Å². The minimum absolute atomic E-state index is 0.779. The number of nitrogens with one attached hydrogen (secondary N) is 1. The summed E-state index contributed by atoms with van der Waals surface area (Å²) in [5.74, 6) is 2.37. The van der Waals surface area contributed by atoms with Crippen molar-refractivity contribution in [2.45, 2.75) is 0 Å². The van der Waals surface area contributed by atoms with Crippen molar-refractivity contribution in [1.29, 1.82) is 0 Å². The van der Waals surface area contributed by atoms with Crippen LogP contribution in [0, 0.1) is 0 Å². The van der Waals surface area contributed by atoms with Gasteiger partial charge in [0.05, 0.1) is 0 Å². The minimum atomic E-state index is 0.779. The molecule has 0 saturated carbocycles. The lowest BCUT2D eigenvalue weighted by atomic mass is 10.3. The van der Waals surface area contributed by atoms with Gasteiger partial charge in [0.1, 0.15) is 21.9 Å². The summed E-state index contributed by atoms with van der Waals surface area (Å²) in [4.78, 5) is 4.35.